The van der Waals surface area contributed by atoms with Crippen LogP contribution < -0.4 is 5.43 Å². The minimum Gasteiger partial charge on any atom is -0.314 e. The van der Waals surface area contributed by atoms with E-state index >= 15 is 0 Å². The molecule has 0 saturated carbocycles. The predicted molar refractivity (Wildman–Crippen MR) is 136 cm³/mol. The second-order valence-electron chi connectivity index (χ2n) is 6.98. The van der Waals surface area contributed by atoms with E-state index in [4.69, 9.17) is 4.98 Å². The van der Waals surface area contributed by atoms with Crippen LogP contribution in [-0.4, -0.2) is 27.4 Å². The Morgan fingerprint density at radius 2 is 1.69 bits per heavy atom. The smallest absolute Gasteiger partial charge is 0.250 e. The molecule has 1 N–H and O–H groups in total. The van der Waals surface area contributed by atoms with Gasteiger partial charge in [0.15, 0.2) is 5.16 Å². The molecule has 0 atom stereocenters. The maximum absolute atomic E-state index is 12.3. The van der Waals surface area contributed by atoms with E-state index in [1.807, 2.05) is 72.8 Å². The highest BCUT2D eigenvalue weighted by Gasteiger charge is 2.13. The zero-order valence-corrected chi connectivity index (χ0v) is 19.6. The number of thioether (sulfide) groups is 1. The molecule has 1 amide bonds. The molecule has 0 aliphatic rings. The Labute approximate surface area is 199 Å². The van der Waals surface area contributed by atoms with Gasteiger partial charge in [-0.15, -0.1) is 0 Å². The van der Waals surface area contributed by atoms with Gasteiger partial charge in [-0.2, -0.15) is 5.10 Å². The van der Waals surface area contributed by atoms with Crippen molar-refractivity contribution in [3.05, 3.63) is 101 Å². The number of imidazole rings is 1. The number of nitrogens with one attached hydrogen (secondary N) is 1. The summed E-state index contributed by atoms with van der Waals surface area (Å²) in [6.45, 7) is 0.695. The van der Waals surface area contributed by atoms with Gasteiger partial charge in [0.1, 0.15) is 0 Å². The van der Waals surface area contributed by atoms with Crippen molar-refractivity contribution < 1.29 is 4.79 Å². The molecule has 0 unspecified atom stereocenters. The first kappa shape index (κ1) is 22.0. The van der Waals surface area contributed by atoms with E-state index in [0.717, 1.165) is 26.2 Å². The molecule has 0 aliphatic heterocycles. The Bertz CT molecular complexity index is 1250. The molecule has 0 radical (unpaired) electrons. The molecule has 0 bridgehead atoms. The SMILES string of the molecule is O=C(CSc1nc2ccccc2n1Cc1ccccc1)N/N=C/C(Br)=C/c1ccccc1. The number of carbonyl (C=O) groups excluding carboxylic acids is 1. The Hall–Kier alpha value is -3.16. The van der Waals surface area contributed by atoms with Crippen molar-refractivity contribution in [1.29, 1.82) is 0 Å². The highest BCUT2D eigenvalue weighted by Crippen LogP contribution is 2.25. The molecule has 3 aromatic carbocycles. The second-order valence-corrected chi connectivity index (χ2v) is 8.83. The van der Waals surface area contributed by atoms with Gasteiger partial charge in [-0.25, -0.2) is 10.4 Å². The third kappa shape index (κ3) is 5.96. The Kier molecular flexibility index (Phi) is 7.53. The summed E-state index contributed by atoms with van der Waals surface area (Å²) in [4.78, 5) is 17.1. The van der Waals surface area contributed by atoms with Gasteiger partial charge in [-0.3, -0.25) is 4.79 Å². The second kappa shape index (κ2) is 10.9. The molecule has 1 heterocycles. The molecule has 0 aliphatic carbocycles. The van der Waals surface area contributed by atoms with Crippen molar-refractivity contribution in [3.63, 3.8) is 0 Å². The fourth-order valence-electron chi connectivity index (χ4n) is 3.16. The van der Waals surface area contributed by atoms with E-state index in [1.165, 1.54) is 17.3 Å². The number of aromatic nitrogens is 2. The van der Waals surface area contributed by atoms with Crippen LogP contribution >= 0.6 is 27.7 Å². The number of carbonyl (C=O) groups is 1. The molecule has 5 nitrogen and oxygen atoms in total. The lowest BCUT2D eigenvalue weighted by Crippen LogP contribution is -2.20. The van der Waals surface area contributed by atoms with Gasteiger partial charge in [0.2, 0.25) is 0 Å². The average molecular weight is 505 g/mol. The molecule has 32 heavy (non-hydrogen) atoms. The van der Waals surface area contributed by atoms with Crippen molar-refractivity contribution >= 4 is 56.9 Å². The van der Waals surface area contributed by atoms with Crippen molar-refractivity contribution in [2.24, 2.45) is 5.10 Å². The summed E-state index contributed by atoms with van der Waals surface area (Å²) in [7, 11) is 0. The van der Waals surface area contributed by atoms with Gasteiger partial charge < -0.3 is 4.57 Å². The van der Waals surface area contributed by atoms with Gasteiger partial charge in [0, 0.05) is 4.48 Å². The van der Waals surface area contributed by atoms with Crippen LogP contribution in [0.1, 0.15) is 11.1 Å². The number of amides is 1. The Balaban J connectivity index is 1.40. The summed E-state index contributed by atoms with van der Waals surface area (Å²) in [6.07, 6.45) is 3.50. The zero-order chi connectivity index (χ0) is 22.2. The lowest BCUT2D eigenvalue weighted by Gasteiger charge is -2.09. The van der Waals surface area contributed by atoms with E-state index in [0.29, 0.717) is 6.54 Å². The van der Waals surface area contributed by atoms with E-state index in [2.05, 4.69) is 49.2 Å². The minimum atomic E-state index is -0.190. The van der Waals surface area contributed by atoms with Crippen LogP contribution in [0.25, 0.3) is 17.1 Å². The first-order valence-corrected chi connectivity index (χ1v) is 11.8. The molecule has 160 valence electrons. The molecular formula is C25H21BrN4OS. The number of benzene rings is 3. The first-order valence-electron chi connectivity index (χ1n) is 10.1. The third-order valence-corrected chi connectivity index (χ3v) is 6.03. The fourth-order valence-corrected chi connectivity index (χ4v) is 4.33. The van der Waals surface area contributed by atoms with Crippen molar-refractivity contribution in [2.75, 3.05) is 5.75 Å². The van der Waals surface area contributed by atoms with E-state index in [-0.39, 0.29) is 11.7 Å². The summed E-state index contributed by atoms with van der Waals surface area (Å²) in [5.41, 5.74) is 6.77. The predicted octanol–water partition coefficient (Wildman–Crippen LogP) is 5.71. The van der Waals surface area contributed by atoms with Crippen LogP contribution in [-0.2, 0) is 11.3 Å². The number of nitrogens with zero attached hydrogens (tertiary/aromatic N) is 3. The molecule has 1 aromatic heterocycles. The number of allylic oxidation sites excluding steroid dienone is 1. The van der Waals surface area contributed by atoms with E-state index in [1.54, 1.807) is 6.21 Å². The highest BCUT2D eigenvalue weighted by atomic mass is 79.9. The van der Waals surface area contributed by atoms with Gasteiger partial charge in [-0.1, -0.05) is 84.6 Å². The van der Waals surface area contributed by atoms with Crippen LogP contribution in [0.2, 0.25) is 0 Å². The van der Waals surface area contributed by atoms with Crippen molar-refractivity contribution in [1.82, 2.24) is 15.0 Å². The Morgan fingerprint density at radius 3 is 2.47 bits per heavy atom. The summed E-state index contributed by atoms with van der Waals surface area (Å²) >= 11 is 4.84. The van der Waals surface area contributed by atoms with Gasteiger partial charge in [0.05, 0.1) is 29.5 Å². The van der Waals surface area contributed by atoms with E-state index in [9.17, 15) is 4.79 Å². The number of hydrogen-bond acceptors (Lipinski definition) is 4. The number of rotatable bonds is 8. The standard InChI is InChI=1S/C25H21BrN4OS/c26-21(15-19-9-3-1-4-10-19)16-27-29-24(31)18-32-25-28-22-13-7-8-14-23(22)30(25)17-20-11-5-2-6-12-20/h1-16H,17-18H2,(H,29,31)/b21-15-,27-16+. The van der Waals surface area contributed by atoms with Crippen LogP contribution in [0.5, 0.6) is 0 Å². The van der Waals surface area contributed by atoms with Gasteiger partial charge in [-0.05, 0) is 45.3 Å². The maximum Gasteiger partial charge on any atom is 0.250 e. The fraction of sp³-hybridized carbons (Fsp3) is 0.0800. The zero-order valence-electron chi connectivity index (χ0n) is 17.2. The lowest BCUT2D eigenvalue weighted by atomic mass is 10.2. The monoisotopic (exact) mass is 504 g/mol. The summed E-state index contributed by atoms with van der Waals surface area (Å²) < 4.78 is 2.91. The summed E-state index contributed by atoms with van der Waals surface area (Å²) in [5, 5.41) is 4.84. The average Bonchev–Trinajstić information content (AvgIpc) is 3.16. The third-order valence-electron chi connectivity index (χ3n) is 4.62. The van der Waals surface area contributed by atoms with E-state index < -0.39 is 0 Å². The lowest BCUT2D eigenvalue weighted by molar-refractivity contribution is -0.118. The maximum atomic E-state index is 12.3. The molecule has 4 aromatic rings. The number of hydrogen-bond donors (Lipinski definition) is 1. The number of hydrazone groups is 1. The normalized spacial score (nSPS) is 11.8. The van der Waals surface area contributed by atoms with Crippen LogP contribution in [0.4, 0.5) is 0 Å². The molecular weight excluding hydrogens is 484 g/mol. The number of fused-ring (bicyclic) bond motifs is 1. The van der Waals surface area contributed by atoms with Crippen molar-refractivity contribution in [2.45, 2.75) is 11.7 Å². The molecule has 0 fully saturated rings. The van der Waals surface area contributed by atoms with Crippen LogP contribution in [0, 0.1) is 0 Å². The minimum absolute atomic E-state index is 0.190. The molecule has 0 spiro atoms. The molecule has 0 saturated heterocycles. The largest absolute Gasteiger partial charge is 0.314 e. The van der Waals surface area contributed by atoms with Gasteiger partial charge in [0.25, 0.3) is 5.91 Å². The van der Waals surface area contributed by atoms with Gasteiger partial charge >= 0.3 is 0 Å². The quantitative estimate of drug-likeness (QED) is 0.190. The summed E-state index contributed by atoms with van der Waals surface area (Å²) in [5.74, 6) is 0.0275. The highest BCUT2D eigenvalue weighted by molar-refractivity contribution is 9.12. The topological polar surface area (TPSA) is 59.3 Å². The Morgan fingerprint density at radius 1 is 1.00 bits per heavy atom. The van der Waals surface area contributed by atoms with Crippen molar-refractivity contribution in [3.8, 4) is 0 Å². The number of para-hydroxylation sites is 2. The molecule has 7 heteroatoms. The van der Waals surface area contributed by atoms with Crippen LogP contribution in [0.15, 0.2) is 99.7 Å². The first-order chi connectivity index (χ1) is 15.7. The van der Waals surface area contributed by atoms with Crippen LogP contribution in [0.3, 0.4) is 0 Å². The summed E-state index contributed by atoms with van der Waals surface area (Å²) in [6, 6.07) is 28.1. The number of halogens is 1. The molecule has 4 rings (SSSR count).